The van der Waals surface area contributed by atoms with Gasteiger partial charge >= 0.3 is 0 Å². The van der Waals surface area contributed by atoms with Crippen molar-refractivity contribution in [2.45, 2.75) is 0 Å². The highest BCUT2D eigenvalue weighted by atomic mass is 127. The monoisotopic (exact) mass is 432 g/mol. The summed E-state index contributed by atoms with van der Waals surface area (Å²) in [6.45, 7) is 0. The number of carbonyl (C=O) groups excluding carboxylic acids is 1. The first kappa shape index (κ1) is 14.2. The molecule has 4 N–H and O–H groups in total. The zero-order valence-electron chi connectivity index (χ0n) is 9.65. The molecular weight excluding hydrogens is 423 g/mol. The number of hydrogen-bond donors (Lipinski definition) is 3. The molecule has 0 fully saturated rings. The van der Waals surface area contributed by atoms with Crippen LogP contribution < -0.4 is 16.6 Å². The van der Waals surface area contributed by atoms with Gasteiger partial charge in [0.25, 0.3) is 5.91 Å². The Kier molecular flexibility index (Phi) is 4.72. The summed E-state index contributed by atoms with van der Waals surface area (Å²) < 4.78 is 2.00. The molecule has 1 heterocycles. The van der Waals surface area contributed by atoms with Gasteiger partial charge in [0.05, 0.1) is 11.3 Å². The molecule has 0 saturated heterocycles. The fourth-order valence-corrected chi connectivity index (χ4v) is 2.24. The molecule has 1 aromatic heterocycles. The van der Waals surface area contributed by atoms with Crippen molar-refractivity contribution in [3.8, 4) is 0 Å². The van der Waals surface area contributed by atoms with Crippen molar-refractivity contribution < 1.29 is 4.79 Å². The number of aromatic nitrogens is 1. The number of benzene rings is 1. The van der Waals surface area contributed by atoms with Crippen LogP contribution >= 0.6 is 38.5 Å². The van der Waals surface area contributed by atoms with E-state index in [1.54, 1.807) is 12.3 Å². The molecular formula is C12H10BrIN4O. The lowest BCUT2D eigenvalue weighted by atomic mass is 10.2. The third kappa shape index (κ3) is 3.43. The van der Waals surface area contributed by atoms with Crippen LogP contribution in [0.25, 0.3) is 0 Å². The molecule has 0 spiro atoms. The molecule has 19 heavy (non-hydrogen) atoms. The first-order valence-corrected chi connectivity index (χ1v) is 7.16. The summed E-state index contributed by atoms with van der Waals surface area (Å²) in [5, 5.41) is 2.80. The molecule has 1 aromatic carbocycles. The summed E-state index contributed by atoms with van der Waals surface area (Å²) >= 11 is 5.59. The summed E-state index contributed by atoms with van der Waals surface area (Å²) in [4.78, 5) is 16.1. The lowest BCUT2D eigenvalue weighted by molar-refractivity contribution is 0.102. The molecule has 0 unspecified atom stereocenters. The van der Waals surface area contributed by atoms with Crippen LogP contribution in [0.2, 0.25) is 0 Å². The fourth-order valence-electron chi connectivity index (χ4n) is 1.47. The van der Waals surface area contributed by atoms with Gasteiger partial charge in [0.1, 0.15) is 0 Å². The Bertz CT molecular complexity index is 620. The van der Waals surface area contributed by atoms with Gasteiger partial charge in [-0.1, -0.05) is 0 Å². The molecule has 0 radical (unpaired) electrons. The number of carbonyl (C=O) groups is 1. The van der Waals surface area contributed by atoms with Crippen molar-refractivity contribution >= 4 is 55.8 Å². The molecule has 0 aliphatic rings. The van der Waals surface area contributed by atoms with E-state index in [4.69, 9.17) is 5.84 Å². The van der Waals surface area contributed by atoms with E-state index < -0.39 is 0 Å². The second-order valence-corrected chi connectivity index (χ2v) is 5.67. The van der Waals surface area contributed by atoms with Crippen molar-refractivity contribution in [1.29, 1.82) is 0 Å². The van der Waals surface area contributed by atoms with Crippen molar-refractivity contribution in [3.05, 3.63) is 50.3 Å². The van der Waals surface area contributed by atoms with Crippen molar-refractivity contribution in [2.75, 3.05) is 10.7 Å². The number of hydrazine groups is 1. The maximum atomic E-state index is 12.1. The average molecular weight is 433 g/mol. The van der Waals surface area contributed by atoms with E-state index in [-0.39, 0.29) is 5.91 Å². The van der Waals surface area contributed by atoms with Gasteiger partial charge in [0, 0.05) is 26.1 Å². The topological polar surface area (TPSA) is 80.0 Å². The normalized spacial score (nSPS) is 10.1. The van der Waals surface area contributed by atoms with E-state index in [1.807, 2.05) is 18.2 Å². The molecule has 0 atom stereocenters. The second kappa shape index (κ2) is 6.31. The summed E-state index contributed by atoms with van der Waals surface area (Å²) in [6, 6.07) is 7.20. The Morgan fingerprint density at radius 1 is 1.37 bits per heavy atom. The average Bonchev–Trinajstić information content (AvgIpc) is 2.43. The summed E-state index contributed by atoms with van der Waals surface area (Å²) in [7, 11) is 0. The zero-order chi connectivity index (χ0) is 13.8. The van der Waals surface area contributed by atoms with Gasteiger partial charge in [-0.3, -0.25) is 15.6 Å². The summed E-state index contributed by atoms with van der Waals surface area (Å²) in [6.07, 6.45) is 3.03. The Balaban J connectivity index is 2.23. The first-order valence-electron chi connectivity index (χ1n) is 5.29. The lowest BCUT2D eigenvalue weighted by Gasteiger charge is -2.09. The predicted molar refractivity (Wildman–Crippen MR) is 86.9 cm³/mol. The van der Waals surface area contributed by atoms with Gasteiger partial charge in [-0.15, -0.1) is 0 Å². The van der Waals surface area contributed by atoms with Crippen molar-refractivity contribution in [2.24, 2.45) is 5.84 Å². The third-order valence-electron chi connectivity index (χ3n) is 2.40. The number of amides is 1. The van der Waals surface area contributed by atoms with Crippen molar-refractivity contribution in [1.82, 2.24) is 4.98 Å². The minimum Gasteiger partial charge on any atom is -0.323 e. The molecule has 5 nitrogen and oxygen atoms in total. The molecule has 0 aliphatic carbocycles. The van der Waals surface area contributed by atoms with Crippen LogP contribution in [0.3, 0.4) is 0 Å². The Hall–Kier alpha value is -1.19. The van der Waals surface area contributed by atoms with Crippen LogP contribution in [-0.2, 0) is 0 Å². The number of halogens is 2. The molecule has 0 saturated carbocycles. The Labute approximate surface area is 132 Å². The number of rotatable bonds is 3. The number of nitrogens with zero attached hydrogens (tertiary/aromatic N) is 1. The largest absolute Gasteiger partial charge is 0.323 e. The third-order valence-corrected chi connectivity index (χ3v) is 4.72. The van der Waals surface area contributed by atoms with Gasteiger partial charge in [-0.05, 0) is 62.8 Å². The maximum Gasteiger partial charge on any atom is 0.259 e. The number of pyridine rings is 1. The molecule has 2 rings (SSSR count). The smallest absolute Gasteiger partial charge is 0.259 e. The van der Waals surface area contributed by atoms with E-state index in [9.17, 15) is 4.79 Å². The van der Waals surface area contributed by atoms with Gasteiger partial charge in [0.2, 0.25) is 0 Å². The lowest BCUT2D eigenvalue weighted by Crippen LogP contribution is -2.17. The number of nitrogens with two attached hydrogens (primary N) is 1. The van der Waals surface area contributed by atoms with Crippen LogP contribution in [0.4, 0.5) is 11.4 Å². The van der Waals surface area contributed by atoms with E-state index >= 15 is 0 Å². The highest BCUT2D eigenvalue weighted by molar-refractivity contribution is 14.1. The van der Waals surface area contributed by atoms with Crippen LogP contribution in [0.5, 0.6) is 0 Å². The molecule has 1 amide bonds. The second-order valence-electron chi connectivity index (χ2n) is 3.65. The summed E-state index contributed by atoms with van der Waals surface area (Å²) in [5.41, 5.74) is 4.10. The molecule has 0 bridgehead atoms. The number of anilines is 2. The maximum absolute atomic E-state index is 12.1. The van der Waals surface area contributed by atoms with Crippen LogP contribution in [0.15, 0.2) is 41.1 Å². The highest BCUT2D eigenvalue weighted by Gasteiger charge is 2.11. The zero-order valence-corrected chi connectivity index (χ0v) is 13.4. The van der Waals surface area contributed by atoms with Crippen LogP contribution in [0.1, 0.15) is 10.4 Å². The van der Waals surface area contributed by atoms with Gasteiger partial charge in [-0.2, -0.15) is 0 Å². The molecule has 7 heteroatoms. The first-order chi connectivity index (χ1) is 9.11. The van der Waals surface area contributed by atoms with E-state index in [1.165, 1.54) is 6.20 Å². The van der Waals surface area contributed by atoms with Gasteiger partial charge < -0.3 is 10.7 Å². The fraction of sp³-hybridized carbons (Fsp3) is 0. The quantitative estimate of drug-likeness (QED) is 0.395. The molecule has 0 aliphatic heterocycles. The van der Waals surface area contributed by atoms with E-state index in [2.05, 4.69) is 54.2 Å². The number of hydrogen-bond acceptors (Lipinski definition) is 4. The number of nitrogens with one attached hydrogen (secondary N) is 2. The predicted octanol–water partition coefficient (Wildman–Crippen LogP) is 2.99. The highest BCUT2D eigenvalue weighted by Crippen LogP contribution is 2.23. The number of nitrogen functional groups attached to an aromatic ring is 1. The van der Waals surface area contributed by atoms with Gasteiger partial charge in [0.15, 0.2) is 0 Å². The Morgan fingerprint density at radius 3 is 2.84 bits per heavy atom. The molecule has 98 valence electrons. The Morgan fingerprint density at radius 2 is 2.16 bits per heavy atom. The SMILES string of the molecule is NNc1ccncc1C(=O)Nc1ccc(Br)c(I)c1. The minimum absolute atomic E-state index is 0.265. The molecule has 2 aromatic rings. The van der Waals surface area contributed by atoms with Gasteiger partial charge in [-0.25, -0.2) is 0 Å². The summed E-state index contributed by atoms with van der Waals surface area (Å²) in [5.74, 6) is 5.10. The van der Waals surface area contributed by atoms with Crippen molar-refractivity contribution in [3.63, 3.8) is 0 Å². The standard InChI is InChI=1S/C12H10BrIN4O/c13-9-2-1-7(5-10(9)14)17-12(19)8-6-16-4-3-11(8)18-15/h1-6H,15H2,(H,16,18)(H,17,19). The minimum atomic E-state index is -0.265. The van der Waals surface area contributed by atoms with Crippen LogP contribution in [-0.4, -0.2) is 10.9 Å². The van der Waals surface area contributed by atoms with E-state index in [0.29, 0.717) is 16.9 Å². The van der Waals surface area contributed by atoms with E-state index in [0.717, 1.165) is 8.04 Å². The van der Waals surface area contributed by atoms with Crippen LogP contribution in [0, 0.1) is 3.57 Å².